The molecule has 0 fully saturated rings. The number of rotatable bonds is 2. The first-order valence-corrected chi connectivity index (χ1v) is 5.99. The lowest BCUT2D eigenvalue weighted by Gasteiger charge is -2.04. The number of carbonyl (C=O) groups is 1. The van der Waals surface area contributed by atoms with E-state index in [9.17, 15) is 4.79 Å². The van der Waals surface area contributed by atoms with E-state index in [-0.39, 0.29) is 11.6 Å². The maximum Gasteiger partial charge on any atom is 0.279 e. The normalized spacial score (nSPS) is 10.4. The Hall–Kier alpha value is -1.89. The molecule has 0 bridgehead atoms. The number of nitrogens with two attached hydrogens (primary N) is 1. The van der Waals surface area contributed by atoms with Crippen LogP contribution in [0.5, 0.6) is 0 Å². The van der Waals surface area contributed by atoms with Gasteiger partial charge in [0.1, 0.15) is 5.82 Å². The lowest BCUT2D eigenvalue weighted by molar-refractivity contribution is 0.102. The van der Waals surface area contributed by atoms with Gasteiger partial charge in [0.15, 0.2) is 5.69 Å². The van der Waals surface area contributed by atoms with Crippen molar-refractivity contribution in [3.63, 3.8) is 0 Å². The number of hydrogen-bond acceptors (Lipinski definition) is 4. The van der Waals surface area contributed by atoms with Crippen LogP contribution in [0.3, 0.4) is 0 Å². The number of anilines is 2. The highest BCUT2D eigenvalue weighted by Crippen LogP contribution is 2.18. The van der Waals surface area contributed by atoms with Gasteiger partial charge >= 0.3 is 0 Å². The highest BCUT2D eigenvalue weighted by Gasteiger charge is 2.14. The van der Waals surface area contributed by atoms with Crippen LogP contribution in [0.4, 0.5) is 11.5 Å². The van der Waals surface area contributed by atoms with Crippen LogP contribution in [0.25, 0.3) is 0 Å². The van der Waals surface area contributed by atoms with Gasteiger partial charge in [-0.25, -0.2) is 4.98 Å². The van der Waals surface area contributed by atoms with E-state index in [0.29, 0.717) is 11.5 Å². The van der Waals surface area contributed by atoms with Crippen molar-refractivity contribution >= 4 is 33.3 Å². The number of halogens is 1. The molecule has 7 heteroatoms. The summed E-state index contributed by atoms with van der Waals surface area (Å²) in [5.41, 5.74) is 7.19. The lowest BCUT2D eigenvalue weighted by atomic mass is 10.3. The molecule has 6 nitrogen and oxygen atoms in total. The maximum atomic E-state index is 11.9. The molecular formula is C11H12BrN5O. The molecule has 0 aliphatic heterocycles. The number of nitrogens with zero attached hydrogens (tertiary/aromatic N) is 3. The third-order valence-electron chi connectivity index (χ3n) is 2.36. The van der Waals surface area contributed by atoms with E-state index in [4.69, 9.17) is 5.73 Å². The Morgan fingerprint density at radius 1 is 1.56 bits per heavy atom. The van der Waals surface area contributed by atoms with Crippen LogP contribution in [0.15, 0.2) is 22.9 Å². The van der Waals surface area contributed by atoms with Crippen LogP contribution in [-0.2, 0) is 7.05 Å². The highest BCUT2D eigenvalue weighted by molar-refractivity contribution is 9.10. The van der Waals surface area contributed by atoms with Gasteiger partial charge in [0.05, 0.1) is 5.69 Å². The first-order valence-electron chi connectivity index (χ1n) is 5.20. The lowest BCUT2D eigenvalue weighted by Crippen LogP contribution is -2.15. The molecule has 0 aliphatic rings. The monoisotopic (exact) mass is 309 g/mol. The predicted molar refractivity (Wildman–Crippen MR) is 72.2 cm³/mol. The summed E-state index contributed by atoms with van der Waals surface area (Å²) in [4.78, 5) is 16.0. The van der Waals surface area contributed by atoms with Crippen LogP contribution >= 0.6 is 15.9 Å². The van der Waals surface area contributed by atoms with E-state index in [1.807, 2.05) is 6.92 Å². The van der Waals surface area contributed by atoms with Crippen molar-refractivity contribution in [1.29, 1.82) is 0 Å². The summed E-state index contributed by atoms with van der Waals surface area (Å²) in [6, 6.07) is 1.76. The third kappa shape index (κ3) is 2.51. The number of carbonyl (C=O) groups excluding carboxylic acids is 1. The number of aromatic nitrogens is 3. The van der Waals surface area contributed by atoms with E-state index in [0.717, 1.165) is 10.0 Å². The van der Waals surface area contributed by atoms with E-state index >= 15 is 0 Å². The molecule has 0 aromatic carbocycles. The van der Waals surface area contributed by atoms with Gasteiger partial charge < -0.3 is 11.1 Å². The van der Waals surface area contributed by atoms with Gasteiger partial charge in [-0.1, -0.05) is 0 Å². The SMILES string of the molecule is Cc1cc(NC(=O)c2nn(C)cc2N)ncc1Br. The van der Waals surface area contributed by atoms with E-state index in [1.54, 1.807) is 25.5 Å². The highest BCUT2D eigenvalue weighted by atomic mass is 79.9. The van der Waals surface area contributed by atoms with Crippen molar-refractivity contribution in [2.75, 3.05) is 11.1 Å². The standard InChI is InChI=1S/C11H12BrN5O/c1-6-3-9(14-4-7(6)12)15-11(18)10-8(13)5-17(2)16-10/h3-5H,13H2,1-2H3,(H,14,15,18). The van der Waals surface area contributed by atoms with E-state index in [2.05, 4.69) is 31.3 Å². The molecule has 0 aliphatic carbocycles. The average molecular weight is 310 g/mol. The Bertz CT molecular complexity index is 607. The number of amides is 1. The Morgan fingerprint density at radius 2 is 2.28 bits per heavy atom. The summed E-state index contributed by atoms with van der Waals surface area (Å²) in [5, 5.41) is 6.64. The van der Waals surface area contributed by atoms with Crippen molar-refractivity contribution in [1.82, 2.24) is 14.8 Å². The van der Waals surface area contributed by atoms with Crippen molar-refractivity contribution < 1.29 is 4.79 Å². The molecule has 0 atom stereocenters. The van der Waals surface area contributed by atoms with Crippen LogP contribution < -0.4 is 11.1 Å². The molecule has 94 valence electrons. The predicted octanol–water partition coefficient (Wildman–Crippen LogP) is 1.72. The number of nitrogen functional groups attached to an aromatic ring is 1. The maximum absolute atomic E-state index is 11.9. The Labute approximate surface area is 112 Å². The molecule has 2 aromatic heterocycles. The minimum absolute atomic E-state index is 0.194. The molecule has 2 heterocycles. The summed E-state index contributed by atoms with van der Waals surface area (Å²) in [7, 11) is 1.70. The Balaban J connectivity index is 2.21. The number of nitrogens with one attached hydrogen (secondary N) is 1. The van der Waals surface area contributed by atoms with Gasteiger partial charge in [0.2, 0.25) is 0 Å². The zero-order valence-electron chi connectivity index (χ0n) is 9.94. The van der Waals surface area contributed by atoms with Crippen molar-refractivity contribution in [3.8, 4) is 0 Å². The topological polar surface area (TPSA) is 85.8 Å². The molecule has 3 N–H and O–H groups in total. The van der Waals surface area contributed by atoms with Gasteiger partial charge in [-0.05, 0) is 34.5 Å². The first-order chi connectivity index (χ1) is 8.47. The van der Waals surface area contributed by atoms with E-state index in [1.165, 1.54) is 4.68 Å². The molecule has 18 heavy (non-hydrogen) atoms. The Morgan fingerprint density at radius 3 is 2.83 bits per heavy atom. The second-order valence-electron chi connectivity index (χ2n) is 3.88. The smallest absolute Gasteiger partial charge is 0.279 e. The second kappa shape index (κ2) is 4.77. The molecule has 1 amide bonds. The summed E-state index contributed by atoms with van der Waals surface area (Å²) in [6.07, 6.45) is 3.21. The summed E-state index contributed by atoms with van der Waals surface area (Å²) >= 11 is 3.34. The van der Waals surface area contributed by atoms with Crippen molar-refractivity contribution in [2.24, 2.45) is 7.05 Å². The van der Waals surface area contributed by atoms with Crippen LogP contribution in [0.2, 0.25) is 0 Å². The third-order valence-corrected chi connectivity index (χ3v) is 3.19. The fourth-order valence-corrected chi connectivity index (χ4v) is 1.68. The molecule has 2 aromatic rings. The minimum Gasteiger partial charge on any atom is -0.396 e. The number of aryl methyl sites for hydroxylation is 2. The molecule has 0 saturated carbocycles. The molecule has 0 radical (unpaired) electrons. The fraction of sp³-hybridized carbons (Fsp3) is 0.182. The largest absolute Gasteiger partial charge is 0.396 e. The number of hydrogen-bond donors (Lipinski definition) is 2. The van der Waals surface area contributed by atoms with E-state index < -0.39 is 0 Å². The molecule has 0 spiro atoms. The molecule has 0 saturated heterocycles. The van der Waals surface area contributed by atoms with Gasteiger partial charge in [0.25, 0.3) is 5.91 Å². The van der Waals surface area contributed by atoms with Gasteiger partial charge in [-0.3, -0.25) is 9.48 Å². The zero-order valence-corrected chi connectivity index (χ0v) is 11.5. The number of pyridine rings is 1. The first kappa shape index (κ1) is 12.6. The summed E-state index contributed by atoms with van der Waals surface area (Å²) in [5.74, 6) is 0.0908. The van der Waals surface area contributed by atoms with Crippen molar-refractivity contribution in [2.45, 2.75) is 6.92 Å². The minimum atomic E-state index is -0.373. The summed E-state index contributed by atoms with van der Waals surface area (Å²) in [6.45, 7) is 1.91. The molecular weight excluding hydrogens is 298 g/mol. The van der Waals surface area contributed by atoms with Crippen LogP contribution in [0, 0.1) is 6.92 Å². The van der Waals surface area contributed by atoms with Crippen LogP contribution in [0.1, 0.15) is 16.1 Å². The quantitative estimate of drug-likeness (QED) is 0.884. The second-order valence-corrected chi connectivity index (χ2v) is 4.73. The zero-order chi connectivity index (χ0) is 13.3. The summed E-state index contributed by atoms with van der Waals surface area (Å²) < 4.78 is 2.38. The van der Waals surface area contributed by atoms with Gasteiger partial charge in [-0.2, -0.15) is 5.10 Å². The fourth-order valence-electron chi connectivity index (χ4n) is 1.47. The van der Waals surface area contributed by atoms with Crippen molar-refractivity contribution in [3.05, 3.63) is 34.2 Å². The molecule has 2 rings (SSSR count). The Kier molecular flexibility index (Phi) is 3.33. The molecule has 0 unspecified atom stereocenters. The van der Waals surface area contributed by atoms with Gasteiger partial charge in [0, 0.05) is 23.9 Å². The van der Waals surface area contributed by atoms with Crippen LogP contribution in [-0.4, -0.2) is 20.7 Å². The average Bonchev–Trinajstić information content (AvgIpc) is 2.63. The van der Waals surface area contributed by atoms with Gasteiger partial charge in [-0.15, -0.1) is 0 Å².